The fraction of sp³-hybridized carbons (Fsp3) is 0.333. The largest absolute Gasteiger partial charge is 0.312 e. The quantitative estimate of drug-likeness (QED) is 0.913. The Balaban J connectivity index is 2.25. The summed E-state index contributed by atoms with van der Waals surface area (Å²) in [5.74, 6) is 0.589. The SMILES string of the molecule is CNC(CS(=O)c1ccccc1C)c1cc(C)ccc1C. The van der Waals surface area contributed by atoms with Crippen molar-refractivity contribution in [2.45, 2.75) is 31.7 Å². The molecule has 0 spiro atoms. The molecule has 0 heterocycles. The number of benzene rings is 2. The molecule has 0 aliphatic rings. The molecule has 0 aromatic heterocycles. The van der Waals surface area contributed by atoms with Crippen LogP contribution in [0.2, 0.25) is 0 Å². The van der Waals surface area contributed by atoms with Crippen molar-refractivity contribution in [3.63, 3.8) is 0 Å². The third-order valence-corrected chi connectivity index (χ3v) is 5.40. The van der Waals surface area contributed by atoms with Crippen molar-refractivity contribution >= 4 is 10.8 Å². The second kappa shape index (κ2) is 7.01. The average Bonchev–Trinajstić information content (AvgIpc) is 2.47. The van der Waals surface area contributed by atoms with Crippen LogP contribution >= 0.6 is 0 Å². The Labute approximate surface area is 130 Å². The van der Waals surface area contributed by atoms with E-state index in [0.29, 0.717) is 5.75 Å². The molecule has 0 radical (unpaired) electrons. The van der Waals surface area contributed by atoms with E-state index in [1.165, 1.54) is 16.7 Å². The second-order valence-electron chi connectivity index (χ2n) is 5.48. The highest BCUT2D eigenvalue weighted by Gasteiger charge is 2.17. The molecule has 0 aliphatic heterocycles. The first-order valence-electron chi connectivity index (χ1n) is 7.21. The van der Waals surface area contributed by atoms with Crippen LogP contribution in [0.4, 0.5) is 0 Å². The van der Waals surface area contributed by atoms with Crippen molar-refractivity contribution in [3.05, 3.63) is 64.7 Å². The van der Waals surface area contributed by atoms with Gasteiger partial charge in [0.05, 0.1) is 10.8 Å². The van der Waals surface area contributed by atoms with Gasteiger partial charge in [0.25, 0.3) is 0 Å². The summed E-state index contributed by atoms with van der Waals surface area (Å²) in [6.45, 7) is 6.21. The number of aryl methyl sites for hydroxylation is 3. The molecule has 2 rings (SSSR count). The van der Waals surface area contributed by atoms with Gasteiger partial charge in [-0.15, -0.1) is 0 Å². The summed E-state index contributed by atoms with van der Waals surface area (Å²) in [6, 6.07) is 14.4. The summed E-state index contributed by atoms with van der Waals surface area (Å²) in [4.78, 5) is 0.933. The van der Waals surface area contributed by atoms with E-state index in [4.69, 9.17) is 0 Å². The summed E-state index contributed by atoms with van der Waals surface area (Å²) in [6.07, 6.45) is 0. The number of hydrogen-bond acceptors (Lipinski definition) is 2. The standard InChI is InChI=1S/C18H23NOS/c1-13-9-10-14(2)16(11-13)17(19-4)12-21(20)18-8-6-5-7-15(18)3/h5-11,17,19H,12H2,1-4H3. The summed E-state index contributed by atoms with van der Waals surface area (Å²) >= 11 is 0. The maximum atomic E-state index is 12.7. The van der Waals surface area contributed by atoms with Crippen molar-refractivity contribution in [1.29, 1.82) is 0 Å². The second-order valence-corrected chi connectivity index (χ2v) is 6.94. The van der Waals surface area contributed by atoms with Crippen LogP contribution in [0.25, 0.3) is 0 Å². The lowest BCUT2D eigenvalue weighted by atomic mass is 10.0. The van der Waals surface area contributed by atoms with Crippen LogP contribution in [0.3, 0.4) is 0 Å². The topological polar surface area (TPSA) is 29.1 Å². The van der Waals surface area contributed by atoms with Crippen molar-refractivity contribution in [3.8, 4) is 0 Å². The molecule has 0 saturated heterocycles. The molecular formula is C18H23NOS. The number of hydrogen-bond donors (Lipinski definition) is 1. The molecular weight excluding hydrogens is 278 g/mol. The fourth-order valence-corrected chi connectivity index (χ4v) is 4.00. The van der Waals surface area contributed by atoms with E-state index in [1.807, 2.05) is 38.2 Å². The summed E-state index contributed by atoms with van der Waals surface area (Å²) < 4.78 is 12.7. The van der Waals surface area contributed by atoms with E-state index >= 15 is 0 Å². The van der Waals surface area contributed by atoms with Crippen molar-refractivity contribution < 1.29 is 4.21 Å². The monoisotopic (exact) mass is 301 g/mol. The van der Waals surface area contributed by atoms with E-state index in [0.717, 1.165) is 10.5 Å². The van der Waals surface area contributed by atoms with Gasteiger partial charge in [0, 0.05) is 16.7 Å². The first-order valence-corrected chi connectivity index (χ1v) is 8.53. The van der Waals surface area contributed by atoms with Crippen molar-refractivity contribution in [2.24, 2.45) is 0 Å². The number of nitrogens with one attached hydrogen (secondary N) is 1. The van der Waals surface area contributed by atoms with Crippen LogP contribution in [0.1, 0.15) is 28.3 Å². The van der Waals surface area contributed by atoms with E-state index in [2.05, 4.69) is 37.4 Å². The molecule has 2 aromatic carbocycles. The molecule has 2 aromatic rings. The third-order valence-electron chi connectivity index (χ3n) is 3.82. The van der Waals surface area contributed by atoms with Gasteiger partial charge in [-0.1, -0.05) is 42.0 Å². The Morgan fingerprint density at radius 3 is 2.43 bits per heavy atom. The number of rotatable bonds is 5. The predicted octanol–water partition coefficient (Wildman–Crippen LogP) is 3.68. The molecule has 112 valence electrons. The van der Waals surface area contributed by atoms with Gasteiger partial charge in [-0.25, -0.2) is 0 Å². The Hall–Kier alpha value is -1.45. The van der Waals surface area contributed by atoms with Crippen LogP contribution in [-0.2, 0) is 10.8 Å². The van der Waals surface area contributed by atoms with Gasteiger partial charge in [0.15, 0.2) is 0 Å². The van der Waals surface area contributed by atoms with Crippen LogP contribution in [0.5, 0.6) is 0 Å². The lowest BCUT2D eigenvalue weighted by Gasteiger charge is -2.19. The van der Waals surface area contributed by atoms with E-state index in [1.54, 1.807) is 0 Å². The van der Waals surface area contributed by atoms with Gasteiger partial charge >= 0.3 is 0 Å². The van der Waals surface area contributed by atoms with Gasteiger partial charge in [0.2, 0.25) is 0 Å². The van der Waals surface area contributed by atoms with Gasteiger partial charge < -0.3 is 5.32 Å². The zero-order valence-corrected chi connectivity index (χ0v) is 14.0. The van der Waals surface area contributed by atoms with Crippen LogP contribution in [0, 0.1) is 20.8 Å². The normalized spacial score (nSPS) is 13.9. The lowest BCUT2D eigenvalue weighted by molar-refractivity contribution is 0.632. The minimum Gasteiger partial charge on any atom is -0.312 e. The Morgan fingerprint density at radius 1 is 1.05 bits per heavy atom. The Morgan fingerprint density at radius 2 is 1.76 bits per heavy atom. The highest BCUT2D eigenvalue weighted by molar-refractivity contribution is 7.85. The zero-order valence-electron chi connectivity index (χ0n) is 13.1. The highest BCUT2D eigenvalue weighted by Crippen LogP contribution is 2.23. The summed E-state index contributed by atoms with van der Waals surface area (Å²) in [5, 5.41) is 3.31. The van der Waals surface area contributed by atoms with Crippen LogP contribution in [-0.4, -0.2) is 17.0 Å². The summed E-state index contributed by atoms with van der Waals surface area (Å²) in [7, 11) is 0.929. The molecule has 0 aliphatic carbocycles. The predicted molar refractivity (Wildman–Crippen MR) is 90.2 cm³/mol. The lowest BCUT2D eigenvalue weighted by Crippen LogP contribution is -2.24. The Kier molecular flexibility index (Phi) is 5.32. The van der Waals surface area contributed by atoms with E-state index < -0.39 is 10.8 Å². The average molecular weight is 301 g/mol. The van der Waals surface area contributed by atoms with Gasteiger partial charge in [-0.05, 0) is 50.6 Å². The van der Waals surface area contributed by atoms with Gasteiger partial charge in [-0.2, -0.15) is 0 Å². The smallest absolute Gasteiger partial charge is 0.0551 e. The first-order chi connectivity index (χ1) is 10.0. The molecule has 0 saturated carbocycles. The third kappa shape index (κ3) is 3.80. The zero-order chi connectivity index (χ0) is 15.4. The maximum absolute atomic E-state index is 12.7. The molecule has 0 amide bonds. The molecule has 2 atom stereocenters. The van der Waals surface area contributed by atoms with Crippen LogP contribution < -0.4 is 5.32 Å². The maximum Gasteiger partial charge on any atom is 0.0551 e. The van der Waals surface area contributed by atoms with E-state index in [-0.39, 0.29) is 6.04 Å². The molecule has 2 unspecified atom stereocenters. The van der Waals surface area contributed by atoms with Gasteiger partial charge in [-0.3, -0.25) is 4.21 Å². The molecule has 0 fully saturated rings. The van der Waals surface area contributed by atoms with Crippen molar-refractivity contribution in [1.82, 2.24) is 5.32 Å². The van der Waals surface area contributed by atoms with Crippen LogP contribution in [0.15, 0.2) is 47.4 Å². The van der Waals surface area contributed by atoms with Crippen molar-refractivity contribution in [2.75, 3.05) is 12.8 Å². The molecule has 21 heavy (non-hydrogen) atoms. The highest BCUT2D eigenvalue weighted by atomic mass is 32.2. The summed E-state index contributed by atoms with van der Waals surface area (Å²) in [5.41, 5.74) is 4.80. The molecule has 3 heteroatoms. The first kappa shape index (κ1) is 15.9. The Bertz CT molecular complexity index is 651. The fourth-order valence-electron chi connectivity index (χ4n) is 2.52. The van der Waals surface area contributed by atoms with Gasteiger partial charge in [0.1, 0.15) is 0 Å². The molecule has 0 bridgehead atoms. The molecule has 1 N–H and O–H groups in total. The van der Waals surface area contributed by atoms with E-state index in [9.17, 15) is 4.21 Å². The minimum atomic E-state index is -1.00. The minimum absolute atomic E-state index is 0.102. The molecule has 2 nitrogen and oxygen atoms in total.